The number of hydrogen-bond acceptors (Lipinski definition) is 7. The molecule has 1 aliphatic heterocycles. The van der Waals surface area contributed by atoms with Gasteiger partial charge in [-0.05, 0) is 55.0 Å². The van der Waals surface area contributed by atoms with Gasteiger partial charge in [-0.3, -0.25) is 14.4 Å². The largest absolute Gasteiger partial charge is 0.497 e. The number of anilines is 2. The van der Waals surface area contributed by atoms with E-state index in [1.807, 2.05) is 6.92 Å². The average Bonchev–Trinajstić information content (AvgIpc) is 3.23. The Kier molecular flexibility index (Phi) is 8.01. The molecule has 1 N–H and O–H groups in total. The van der Waals surface area contributed by atoms with Crippen molar-refractivity contribution in [2.45, 2.75) is 19.8 Å². The molecule has 0 bridgehead atoms. The number of nitrogens with one attached hydrogen (secondary N) is 1. The van der Waals surface area contributed by atoms with Gasteiger partial charge in [0.15, 0.2) is 6.61 Å². The molecule has 2 aromatic carbocycles. The van der Waals surface area contributed by atoms with Crippen LogP contribution in [0, 0.1) is 5.92 Å². The van der Waals surface area contributed by atoms with Gasteiger partial charge in [0.25, 0.3) is 5.91 Å². The number of benzene rings is 2. The smallest absolute Gasteiger partial charge is 0.338 e. The highest BCUT2D eigenvalue weighted by Crippen LogP contribution is 2.27. The summed E-state index contributed by atoms with van der Waals surface area (Å²) in [5.74, 6) is -1.74. The average molecular weight is 454 g/mol. The van der Waals surface area contributed by atoms with Crippen LogP contribution in [0.25, 0.3) is 0 Å². The molecule has 1 fully saturated rings. The summed E-state index contributed by atoms with van der Waals surface area (Å²) in [6, 6.07) is 13.2. The predicted octanol–water partition coefficient (Wildman–Crippen LogP) is 2.80. The molecule has 0 radical (unpaired) electrons. The van der Waals surface area contributed by atoms with E-state index in [9.17, 15) is 19.2 Å². The Morgan fingerprint density at radius 3 is 2.36 bits per heavy atom. The maximum absolute atomic E-state index is 12.4. The summed E-state index contributed by atoms with van der Waals surface area (Å²) in [4.78, 5) is 50.2. The Labute approximate surface area is 191 Å². The highest BCUT2D eigenvalue weighted by atomic mass is 16.5. The van der Waals surface area contributed by atoms with Crippen molar-refractivity contribution >= 4 is 35.1 Å². The molecule has 2 amide bonds. The minimum Gasteiger partial charge on any atom is -0.497 e. The Hall–Kier alpha value is -3.88. The lowest BCUT2D eigenvalue weighted by atomic mass is 10.1. The minimum atomic E-state index is -0.652. The van der Waals surface area contributed by atoms with E-state index in [0.29, 0.717) is 29.3 Å². The lowest BCUT2D eigenvalue weighted by Crippen LogP contribution is -2.28. The van der Waals surface area contributed by atoms with Crippen molar-refractivity contribution in [1.82, 2.24) is 0 Å². The van der Waals surface area contributed by atoms with Gasteiger partial charge in [-0.15, -0.1) is 0 Å². The summed E-state index contributed by atoms with van der Waals surface area (Å²) < 4.78 is 15.3. The third-order valence-electron chi connectivity index (χ3n) is 5.03. The Balaban J connectivity index is 1.46. The summed E-state index contributed by atoms with van der Waals surface area (Å²) in [6.07, 6.45) is 0.745. The van der Waals surface area contributed by atoms with Gasteiger partial charge in [0.2, 0.25) is 5.91 Å². The van der Waals surface area contributed by atoms with Crippen LogP contribution in [0.2, 0.25) is 0 Å². The highest BCUT2D eigenvalue weighted by molar-refractivity contribution is 6.00. The highest BCUT2D eigenvalue weighted by Gasteiger charge is 2.36. The molecule has 0 unspecified atom stereocenters. The number of rotatable bonds is 9. The number of nitrogens with zero attached hydrogens (tertiary/aromatic N) is 1. The van der Waals surface area contributed by atoms with E-state index in [4.69, 9.17) is 14.2 Å². The van der Waals surface area contributed by atoms with Crippen LogP contribution >= 0.6 is 0 Å². The van der Waals surface area contributed by atoms with Gasteiger partial charge in [-0.25, -0.2) is 4.79 Å². The van der Waals surface area contributed by atoms with Gasteiger partial charge in [0, 0.05) is 24.3 Å². The van der Waals surface area contributed by atoms with Crippen molar-refractivity contribution in [3.05, 3.63) is 54.1 Å². The molecule has 0 spiro atoms. The second-order valence-corrected chi connectivity index (χ2v) is 7.47. The van der Waals surface area contributed by atoms with Crippen LogP contribution in [0.5, 0.6) is 5.75 Å². The molecular weight excluding hydrogens is 428 g/mol. The number of esters is 2. The van der Waals surface area contributed by atoms with E-state index >= 15 is 0 Å². The normalized spacial score (nSPS) is 15.2. The lowest BCUT2D eigenvalue weighted by Gasteiger charge is -2.16. The maximum atomic E-state index is 12.4. The molecule has 2 aromatic rings. The molecule has 1 saturated heterocycles. The second-order valence-electron chi connectivity index (χ2n) is 7.47. The fourth-order valence-electron chi connectivity index (χ4n) is 3.30. The molecule has 0 aliphatic carbocycles. The third kappa shape index (κ3) is 6.31. The van der Waals surface area contributed by atoms with E-state index in [1.54, 1.807) is 43.5 Å². The van der Waals surface area contributed by atoms with Crippen LogP contribution in [0.15, 0.2) is 48.5 Å². The van der Waals surface area contributed by atoms with Gasteiger partial charge in [-0.1, -0.05) is 6.92 Å². The van der Waals surface area contributed by atoms with Crippen LogP contribution in [0.4, 0.5) is 11.4 Å². The minimum absolute atomic E-state index is 0.0159. The topological polar surface area (TPSA) is 111 Å². The quantitative estimate of drug-likeness (QED) is 0.580. The van der Waals surface area contributed by atoms with E-state index in [2.05, 4.69) is 5.32 Å². The summed E-state index contributed by atoms with van der Waals surface area (Å²) >= 11 is 0. The molecule has 1 atom stereocenters. The summed E-state index contributed by atoms with van der Waals surface area (Å²) in [6.45, 7) is 1.95. The monoisotopic (exact) mass is 454 g/mol. The molecule has 0 saturated carbocycles. The van der Waals surface area contributed by atoms with Gasteiger partial charge in [0.1, 0.15) is 5.75 Å². The first-order chi connectivity index (χ1) is 15.9. The van der Waals surface area contributed by atoms with Gasteiger partial charge in [0.05, 0.1) is 25.2 Å². The SMILES string of the molecule is CCCOC(=O)c1ccc(NC(=O)COC(=O)[C@@H]2CC(=O)N(c3ccc(OC)cc3)C2)cc1. The van der Waals surface area contributed by atoms with Gasteiger partial charge in [-0.2, -0.15) is 0 Å². The fourth-order valence-corrected chi connectivity index (χ4v) is 3.30. The Bertz CT molecular complexity index is 1000. The molecule has 0 aromatic heterocycles. The van der Waals surface area contributed by atoms with E-state index in [0.717, 1.165) is 6.42 Å². The summed E-state index contributed by atoms with van der Waals surface area (Å²) in [5.41, 5.74) is 1.49. The molecular formula is C24H26N2O7. The third-order valence-corrected chi connectivity index (χ3v) is 5.03. The maximum Gasteiger partial charge on any atom is 0.338 e. The number of carbonyl (C=O) groups excluding carboxylic acids is 4. The first-order valence-electron chi connectivity index (χ1n) is 10.6. The van der Waals surface area contributed by atoms with Crippen LogP contribution < -0.4 is 15.0 Å². The van der Waals surface area contributed by atoms with Crippen LogP contribution in [0.3, 0.4) is 0 Å². The Morgan fingerprint density at radius 1 is 1.03 bits per heavy atom. The molecule has 9 nitrogen and oxygen atoms in total. The van der Waals surface area contributed by atoms with Gasteiger partial charge >= 0.3 is 11.9 Å². The van der Waals surface area contributed by atoms with Crippen molar-refractivity contribution in [3.8, 4) is 5.75 Å². The molecule has 1 aliphatic rings. The predicted molar refractivity (Wildman–Crippen MR) is 120 cm³/mol. The van der Waals surface area contributed by atoms with Crippen LogP contribution in [-0.4, -0.2) is 50.6 Å². The number of amides is 2. The number of carbonyl (C=O) groups is 4. The van der Waals surface area contributed by atoms with E-state index in [-0.39, 0.29) is 18.9 Å². The molecule has 174 valence electrons. The van der Waals surface area contributed by atoms with Crippen molar-refractivity contribution in [2.24, 2.45) is 5.92 Å². The van der Waals surface area contributed by atoms with Crippen LogP contribution in [-0.2, 0) is 23.9 Å². The second kappa shape index (κ2) is 11.1. The zero-order valence-corrected chi connectivity index (χ0v) is 18.5. The number of hydrogen-bond donors (Lipinski definition) is 1. The molecule has 33 heavy (non-hydrogen) atoms. The number of methoxy groups -OCH3 is 1. The standard InChI is InChI=1S/C24H26N2O7/c1-3-12-32-23(29)16-4-6-18(7-5-16)25-21(27)15-33-24(30)17-13-22(28)26(14-17)19-8-10-20(31-2)11-9-19/h4-11,17H,3,12-15H2,1-2H3,(H,25,27)/t17-/m1/s1. The van der Waals surface area contributed by atoms with Gasteiger partial charge < -0.3 is 24.4 Å². The first-order valence-corrected chi connectivity index (χ1v) is 10.6. The fraction of sp³-hybridized carbons (Fsp3) is 0.333. The van der Waals surface area contributed by atoms with Crippen molar-refractivity contribution < 1.29 is 33.4 Å². The van der Waals surface area contributed by atoms with Crippen molar-refractivity contribution in [1.29, 1.82) is 0 Å². The summed E-state index contributed by atoms with van der Waals surface area (Å²) in [7, 11) is 1.55. The zero-order valence-electron chi connectivity index (χ0n) is 18.5. The molecule has 1 heterocycles. The Morgan fingerprint density at radius 2 is 1.73 bits per heavy atom. The van der Waals surface area contributed by atoms with Crippen molar-refractivity contribution in [3.63, 3.8) is 0 Å². The number of ether oxygens (including phenoxy) is 3. The molecule has 3 rings (SSSR count). The van der Waals surface area contributed by atoms with Crippen molar-refractivity contribution in [2.75, 3.05) is 37.1 Å². The molecule has 9 heteroatoms. The first kappa shape index (κ1) is 23.8. The van der Waals surface area contributed by atoms with E-state index < -0.39 is 30.4 Å². The zero-order chi connectivity index (χ0) is 23.8. The van der Waals surface area contributed by atoms with E-state index in [1.165, 1.54) is 17.0 Å². The summed E-state index contributed by atoms with van der Waals surface area (Å²) in [5, 5.41) is 2.59. The van der Waals surface area contributed by atoms with Crippen LogP contribution in [0.1, 0.15) is 30.1 Å². The lowest BCUT2D eigenvalue weighted by molar-refractivity contribution is -0.151.